The van der Waals surface area contributed by atoms with Gasteiger partial charge in [0, 0.05) is 12.2 Å². The monoisotopic (exact) mass is 356 g/mol. The number of carbonyl (C=O) groups is 1. The third-order valence-corrected chi connectivity index (χ3v) is 4.48. The summed E-state index contributed by atoms with van der Waals surface area (Å²) in [7, 11) is 0. The van der Waals surface area contributed by atoms with E-state index in [1.54, 1.807) is 4.68 Å². The minimum atomic E-state index is -0.120. The molecule has 0 aliphatic carbocycles. The van der Waals surface area contributed by atoms with Gasteiger partial charge in [0.25, 0.3) is 5.91 Å². The lowest BCUT2D eigenvalue weighted by Crippen LogP contribution is -2.23. The van der Waals surface area contributed by atoms with Gasteiger partial charge in [-0.2, -0.15) is 5.10 Å². The van der Waals surface area contributed by atoms with Gasteiger partial charge < -0.3 is 5.32 Å². The second kappa shape index (κ2) is 7.03. The van der Waals surface area contributed by atoms with Crippen LogP contribution in [-0.4, -0.2) is 20.7 Å². The molecule has 1 N–H and O–H groups in total. The van der Waals surface area contributed by atoms with Gasteiger partial charge in [-0.1, -0.05) is 48.5 Å². The van der Waals surface area contributed by atoms with E-state index in [-0.39, 0.29) is 5.91 Å². The number of benzene rings is 2. The SMILES string of the molecule is Cc1cc(C(=O)NCc2ccccc2)c2c(C)nn(-c3ccccc3)c2n1. The van der Waals surface area contributed by atoms with Crippen molar-refractivity contribution in [3.05, 3.63) is 89.2 Å². The van der Waals surface area contributed by atoms with Gasteiger partial charge in [0.1, 0.15) is 0 Å². The highest BCUT2D eigenvalue weighted by Gasteiger charge is 2.19. The van der Waals surface area contributed by atoms with Gasteiger partial charge in [0.05, 0.1) is 22.3 Å². The van der Waals surface area contributed by atoms with Crippen molar-refractivity contribution in [1.29, 1.82) is 0 Å². The van der Waals surface area contributed by atoms with Crippen LogP contribution in [0.5, 0.6) is 0 Å². The van der Waals surface area contributed by atoms with Crippen molar-refractivity contribution < 1.29 is 4.79 Å². The number of carbonyl (C=O) groups excluding carboxylic acids is 1. The zero-order valence-corrected chi connectivity index (χ0v) is 15.3. The van der Waals surface area contributed by atoms with Gasteiger partial charge in [0.2, 0.25) is 0 Å². The summed E-state index contributed by atoms with van der Waals surface area (Å²) in [5.74, 6) is -0.120. The summed E-state index contributed by atoms with van der Waals surface area (Å²) in [6.07, 6.45) is 0. The smallest absolute Gasteiger partial charge is 0.252 e. The maximum Gasteiger partial charge on any atom is 0.252 e. The van der Waals surface area contributed by atoms with E-state index < -0.39 is 0 Å². The second-order valence-electron chi connectivity index (χ2n) is 6.51. The van der Waals surface area contributed by atoms with Crippen LogP contribution in [0.2, 0.25) is 0 Å². The van der Waals surface area contributed by atoms with Gasteiger partial charge >= 0.3 is 0 Å². The number of hydrogen-bond acceptors (Lipinski definition) is 3. The quantitative estimate of drug-likeness (QED) is 0.602. The Bertz CT molecular complexity index is 1100. The zero-order valence-electron chi connectivity index (χ0n) is 15.3. The zero-order chi connectivity index (χ0) is 18.8. The minimum absolute atomic E-state index is 0.120. The number of amides is 1. The maximum atomic E-state index is 12.9. The number of aromatic nitrogens is 3. The highest BCUT2D eigenvalue weighted by molar-refractivity contribution is 6.06. The van der Waals surface area contributed by atoms with Crippen molar-refractivity contribution in [2.24, 2.45) is 0 Å². The van der Waals surface area contributed by atoms with E-state index in [9.17, 15) is 4.79 Å². The first-order chi connectivity index (χ1) is 13.1. The fourth-order valence-corrected chi connectivity index (χ4v) is 3.22. The van der Waals surface area contributed by atoms with Crippen molar-refractivity contribution in [2.45, 2.75) is 20.4 Å². The Labute approximate surface area is 157 Å². The Hall–Kier alpha value is -3.47. The summed E-state index contributed by atoms with van der Waals surface area (Å²) < 4.78 is 1.80. The molecule has 27 heavy (non-hydrogen) atoms. The highest BCUT2D eigenvalue weighted by atomic mass is 16.1. The van der Waals surface area contributed by atoms with Gasteiger partial charge in [-0.25, -0.2) is 9.67 Å². The number of nitrogens with one attached hydrogen (secondary N) is 1. The van der Waals surface area contributed by atoms with E-state index in [4.69, 9.17) is 0 Å². The van der Waals surface area contributed by atoms with Crippen molar-refractivity contribution >= 4 is 16.9 Å². The topological polar surface area (TPSA) is 59.8 Å². The van der Waals surface area contributed by atoms with Crippen LogP contribution in [0.25, 0.3) is 16.7 Å². The third kappa shape index (κ3) is 3.31. The summed E-state index contributed by atoms with van der Waals surface area (Å²) in [6, 6.07) is 21.5. The lowest BCUT2D eigenvalue weighted by atomic mass is 10.1. The van der Waals surface area contributed by atoms with Crippen LogP contribution in [0.4, 0.5) is 0 Å². The van der Waals surface area contributed by atoms with Crippen LogP contribution >= 0.6 is 0 Å². The molecule has 0 aliphatic heterocycles. The van der Waals surface area contributed by atoms with Crippen LogP contribution < -0.4 is 5.32 Å². The summed E-state index contributed by atoms with van der Waals surface area (Å²) in [5, 5.41) is 8.43. The Morgan fingerprint density at radius 2 is 1.67 bits per heavy atom. The lowest BCUT2D eigenvalue weighted by molar-refractivity contribution is 0.0952. The molecule has 1 amide bonds. The molecule has 0 bridgehead atoms. The normalized spacial score (nSPS) is 10.9. The van der Waals surface area contributed by atoms with E-state index >= 15 is 0 Å². The van der Waals surface area contributed by atoms with Crippen LogP contribution in [0.1, 0.15) is 27.3 Å². The number of rotatable bonds is 4. The largest absolute Gasteiger partial charge is 0.348 e. The van der Waals surface area contributed by atoms with Crippen LogP contribution in [0, 0.1) is 13.8 Å². The van der Waals surface area contributed by atoms with Crippen LogP contribution in [0.3, 0.4) is 0 Å². The summed E-state index contributed by atoms with van der Waals surface area (Å²) >= 11 is 0. The van der Waals surface area contributed by atoms with Crippen molar-refractivity contribution in [3.63, 3.8) is 0 Å². The molecule has 0 saturated carbocycles. The lowest BCUT2D eigenvalue weighted by Gasteiger charge is -2.08. The van der Waals surface area contributed by atoms with Crippen LogP contribution in [0.15, 0.2) is 66.7 Å². The predicted molar refractivity (Wildman–Crippen MR) is 106 cm³/mol. The molecular weight excluding hydrogens is 336 g/mol. The Kier molecular flexibility index (Phi) is 4.42. The average molecular weight is 356 g/mol. The second-order valence-corrected chi connectivity index (χ2v) is 6.51. The van der Waals surface area contributed by atoms with E-state index in [0.717, 1.165) is 28.0 Å². The summed E-state index contributed by atoms with van der Waals surface area (Å²) in [4.78, 5) is 17.6. The maximum absolute atomic E-state index is 12.9. The first-order valence-corrected chi connectivity index (χ1v) is 8.88. The van der Waals surface area contributed by atoms with E-state index in [1.807, 2.05) is 80.6 Å². The number of fused-ring (bicyclic) bond motifs is 1. The van der Waals surface area contributed by atoms with E-state index in [0.29, 0.717) is 17.8 Å². The van der Waals surface area contributed by atoms with Gasteiger partial charge in [-0.05, 0) is 37.6 Å². The van der Waals surface area contributed by atoms with E-state index in [1.165, 1.54) is 0 Å². The Morgan fingerprint density at radius 1 is 1.00 bits per heavy atom. The van der Waals surface area contributed by atoms with E-state index in [2.05, 4.69) is 15.4 Å². The minimum Gasteiger partial charge on any atom is -0.348 e. The molecule has 0 saturated heterocycles. The molecule has 0 atom stereocenters. The van der Waals surface area contributed by atoms with Gasteiger partial charge in [-0.3, -0.25) is 4.79 Å². The molecule has 2 aromatic carbocycles. The first-order valence-electron chi connectivity index (χ1n) is 8.88. The summed E-state index contributed by atoms with van der Waals surface area (Å²) in [6.45, 7) is 4.28. The number of aryl methyl sites for hydroxylation is 2. The van der Waals surface area contributed by atoms with Crippen LogP contribution in [-0.2, 0) is 6.54 Å². The molecule has 5 nitrogen and oxygen atoms in total. The van der Waals surface area contributed by atoms with Crippen molar-refractivity contribution in [1.82, 2.24) is 20.1 Å². The highest BCUT2D eigenvalue weighted by Crippen LogP contribution is 2.24. The Balaban J connectivity index is 1.75. The molecule has 2 heterocycles. The average Bonchev–Trinajstić information content (AvgIpc) is 3.03. The molecule has 5 heteroatoms. The fraction of sp³-hybridized carbons (Fsp3) is 0.136. The van der Waals surface area contributed by atoms with Gasteiger partial charge in [-0.15, -0.1) is 0 Å². The summed E-state index contributed by atoms with van der Waals surface area (Å²) in [5.41, 5.74) is 4.85. The van der Waals surface area contributed by atoms with Gasteiger partial charge in [0.15, 0.2) is 5.65 Å². The molecule has 4 rings (SSSR count). The molecule has 0 unspecified atom stereocenters. The van der Waals surface area contributed by atoms with Crippen molar-refractivity contribution in [3.8, 4) is 5.69 Å². The first kappa shape index (κ1) is 17.0. The number of hydrogen-bond donors (Lipinski definition) is 1. The molecule has 0 fully saturated rings. The number of para-hydroxylation sites is 1. The number of nitrogens with zero attached hydrogens (tertiary/aromatic N) is 3. The Morgan fingerprint density at radius 3 is 2.37 bits per heavy atom. The molecule has 2 aromatic heterocycles. The van der Waals surface area contributed by atoms with Crippen molar-refractivity contribution in [2.75, 3.05) is 0 Å². The molecular formula is C22H20N4O. The molecule has 0 spiro atoms. The molecule has 0 aliphatic rings. The fourth-order valence-electron chi connectivity index (χ4n) is 3.22. The standard InChI is InChI=1S/C22H20N4O/c1-15-13-19(22(27)23-14-17-9-5-3-6-10-17)20-16(2)25-26(21(20)24-15)18-11-7-4-8-12-18/h3-13H,14H2,1-2H3,(H,23,27). The molecule has 4 aromatic rings. The predicted octanol–water partition coefficient (Wildman–Crippen LogP) is 3.97. The molecule has 134 valence electrons. The third-order valence-electron chi connectivity index (χ3n) is 4.48. The number of pyridine rings is 1. The molecule has 0 radical (unpaired) electrons.